The van der Waals surface area contributed by atoms with Crippen LogP contribution in [0.3, 0.4) is 0 Å². The summed E-state index contributed by atoms with van der Waals surface area (Å²) in [5.41, 5.74) is 7.78. The zero-order valence-corrected chi connectivity index (χ0v) is 42.3. The molecule has 2 heteroatoms. The van der Waals surface area contributed by atoms with E-state index >= 15 is 0 Å². The number of rotatable bonds is 5. The summed E-state index contributed by atoms with van der Waals surface area (Å²) in [6.45, 7) is 0. The molecule has 0 spiro atoms. The fraction of sp³-hybridized carbons (Fsp3) is 0. The molecule has 0 radical (unpaired) electrons. The molecule has 0 bridgehead atoms. The SMILES string of the molecule is [2H]c1c([2H])c([2H])c2c(-c3cccc4oc5c6ccccc6ccc5c34)c3c([2H])c([2H])c([2H])c([2H])c3c(-c3ccccc3)c2c1[2H].[2H]c1c([2H])c([2H])c2c(-c3cccc4oc5cc6ccccc6cc5c34)c3c([2H])c([2H])c([2H])c([2H])c3c(-c3ccc(-c4ccccc4)cc3)c2c1[2H]. The highest BCUT2D eigenvalue weighted by molar-refractivity contribution is 6.28. The smallest absolute Gasteiger partial charge is 0.143 e. The first-order chi connectivity index (χ1) is 46.4. The predicted molar refractivity (Wildman–Crippen MR) is 340 cm³/mol. The molecule has 2 aromatic heterocycles. The lowest BCUT2D eigenvalue weighted by atomic mass is 9.84. The van der Waals surface area contributed by atoms with Crippen LogP contribution in [-0.4, -0.2) is 0 Å². The van der Waals surface area contributed by atoms with E-state index < -0.39 is 48.3 Å². The monoisotopic (exact) mass is 1030 g/mol. The fourth-order valence-electron chi connectivity index (χ4n) is 11.9. The molecule has 0 N–H and O–H groups in total. The predicted octanol–water partition coefficient (Wildman–Crippen LogP) is 22.4. The second-order valence-corrected chi connectivity index (χ2v) is 19.7. The van der Waals surface area contributed by atoms with Gasteiger partial charge in [0.05, 0.1) is 21.9 Å². The van der Waals surface area contributed by atoms with Gasteiger partial charge >= 0.3 is 0 Å². The summed E-state index contributed by atoms with van der Waals surface area (Å²) in [6, 6.07) is 55.2. The van der Waals surface area contributed by atoms with Crippen molar-refractivity contribution in [2.45, 2.75) is 0 Å². The van der Waals surface area contributed by atoms with Gasteiger partial charge in [0.2, 0.25) is 0 Å². The second kappa shape index (κ2) is 18.6. The molecule has 0 saturated heterocycles. The molecule has 0 amide bonds. The number of furan rings is 2. The summed E-state index contributed by atoms with van der Waals surface area (Å²) in [5, 5.41) is 8.25. The largest absolute Gasteiger partial charge is 0.456 e. The van der Waals surface area contributed by atoms with E-state index in [0.29, 0.717) is 77.6 Å². The zero-order chi connectivity index (χ0) is 66.6. The highest BCUT2D eigenvalue weighted by atomic mass is 16.3. The van der Waals surface area contributed by atoms with Gasteiger partial charge in [-0.3, -0.25) is 0 Å². The van der Waals surface area contributed by atoms with Crippen LogP contribution in [0.4, 0.5) is 0 Å². The highest BCUT2D eigenvalue weighted by Gasteiger charge is 2.23. The van der Waals surface area contributed by atoms with E-state index in [-0.39, 0.29) is 91.4 Å². The summed E-state index contributed by atoms with van der Waals surface area (Å²) in [6.07, 6.45) is 0. The molecule has 0 aliphatic carbocycles. The van der Waals surface area contributed by atoms with Gasteiger partial charge in [0.1, 0.15) is 22.3 Å². The average molecular weight is 1030 g/mol. The average Bonchev–Trinajstić information content (AvgIpc) is 1.34. The number of hydrogen-bond donors (Lipinski definition) is 0. The molecule has 0 atom stereocenters. The van der Waals surface area contributed by atoms with Gasteiger partial charge in [-0.05, 0) is 145 Å². The third kappa shape index (κ3) is 7.27. The molecule has 2 heterocycles. The normalized spacial score (nSPS) is 14.6. The van der Waals surface area contributed by atoms with Crippen molar-refractivity contribution in [3.05, 3.63) is 291 Å². The molecule has 17 aromatic rings. The van der Waals surface area contributed by atoms with Crippen LogP contribution >= 0.6 is 0 Å². The minimum absolute atomic E-state index is 0.170. The Labute approximate surface area is 484 Å². The molecular formula is C78H48O2. The van der Waals surface area contributed by atoms with Crippen LogP contribution in [0.25, 0.3) is 164 Å². The van der Waals surface area contributed by atoms with E-state index in [1.54, 1.807) is 36.4 Å². The molecule has 2 nitrogen and oxygen atoms in total. The van der Waals surface area contributed by atoms with Gasteiger partial charge in [0.25, 0.3) is 0 Å². The molecule has 15 aromatic carbocycles. The van der Waals surface area contributed by atoms with Gasteiger partial charge in [0.15, 0.2) is 0 Å². The van der Waals surface area contributed by atoms with Crippen molar-refractivity contribution in [2.75, 3.05) is 0 Å². The molecule has 0 saturated carbocycles. The lowest BCUT2D eigenvalue weighted by Crippen LogP contribution is -1.91. The fourth-order valence-corrected chi connectivity index (χ4v) is 11.9. The van der Waals surface area contributed by atoms with Crippen LogP contribution in [-0.2, 0) is 0 Å². The molecule has 0 unspecified atom stereocenters. The minimum atomic E-state index is -0.436. The second-order valence-electron chi connectivity index (χ2n) is 19.7. The number of benzene rings is 15. The van der Waals surface area contributed by atoms with Crippen molar-refractivity contribution in [1.29, 1.82) is 0 Å². The number of hydrogen-bond acceptors (Lipinski definition) is 2. The maximum Gasteiger partial charge on any atom is 0.143 e. The molecule has 0 fully saturated rings. The Morgan fingerprint density at radius 3 is 1.18 bits per heavy atom. The minimum Gasteiger partial charge on any atom is -0.456 e. The zero-order valence-electron chi connectivity index (χ0n) is 58.3. The lowest BCUT2D eigenvalue weighted by Gasteiger charge is -2.18. The summed E-state index contributed by atoms with van der Waals surface area (Å²) >= 11 is 0. The van der Waals surface area contributed by atoms with Gasteiger partial charge in [-0.1, -0.05) is 260 Å². The van der Waals surface area contributed by atoms with E-state index in [9.17, 15) is 8.22 Å². The van der Waals surface area contributed by atoms with Gasteiger partial charge in [-0.25, -0.2) is 0 Å². The first-order valence-corrected chi connectivity index (χ1v) is 26.2. The van der Waals surface area contributed by atoms with Crippen molar-refractivity contribution in [2.24, 2.45) is 0 Å². The van der Waals surface area contributed by atoms with E-state index in [2.05, 4.69) is 0 Å². The molecule has 17 rings (SSSR count). The molecule has 80 heavy (non-hydrogen) atoms. The van der Waals surface area contributed by atoms with Gasteiger partial charge in [0, 0.05) is 26.9 Å². The molecular weight excluding hydrogens is 969 g/mol. The van der Waals surface area contributed by atoms with Crippen molar-refractivity contribution < 1.29 is 30.8 Å². The summed E-state index contributed by atoms with van der Waals surface area (Å²) in [4.78, 5) is 0. The van der Waals surface area contributed by atoms with Gasteiger partial charge in [-0.2, -0.15) is 0 Å². The molecule has 372 valence electrons. The van der Waals surface area contributed by atoms with Crippen molar-refractivity contribution >= 4 is 109 Å². The summed E-state index contributed by atoms with van der Waals surface area (Å²) in [5.74, 6) is 0. The maximum atomic E-state index is 9.35. The van der Waals surface area contributed by atoms with Crippen molar-refractivity contribution in [3.63, 3.8) is 0 Å². The van der Waals surface area contributed by atoms with Crippen LogP contribution in [0.15, 0.2) is 300 Å². The van der Waals surface area contributed by atoms with Gasteiger partial charge in [-0.15, -0.1) is 0 Å². The van der Waals surface area contributed by atoms with E-state index in [4.69, 9.17) is 22.5 Å². The third-order valence-corrected chi connectivity index (χ3v) is 15.4. The summed E-state index contributed by atoms with van der Waals surface area (Å²) in [7, 11) is 0. The topological polar surface area (TPSA) is 26.3 Å². The standard InChI is InChI=1S/C42H26O.C36H22O/c1-2-11-27(12-3-1)28-21-23-29(24-22-28)40-32-15-6-8-17-34(32)41(35-18-9-7-16-33(35)40)36-19-10-20-38-42(36)37-25-30-13-4-5-14-31(30)26-39(37)43-38;1-2-12-24(13-3-1)33-26-15-6-8-17-28(26)34(29-18-9-7-16-27(29)33)30-19-10-20-32-35(30)31-22-21-23-11-4-5-14-25(23)36(31)37-32/h1-26H;1-22H/i2*6D,7D,8D,9D,15D,16D,17D,18D. The molecule has 0 aliphatic rings. The number of fused-ring (bicyclic) bond motifs is 13. The van der Waals surface area contributed by atoms with Gasteiger partial charge < -0.3 is 8.83 Å². The Morgan fingerprint density at radius 1 is 0.237 bits per heavy atom. The molecule has 0 aliphatic heterocycles. The Balaban J connectivity index is 0.000000152. The van der Waals surface area contributed by atoms with Crippen molar-refractivity contribution in [1.82, 2.24) is 0 Å². The highest BCUT2D eigenvalue weighted by Crippen LogP contribution is 2.50. The Morgan fingerprint density at radius 2 is 0.637 bits per heavy atom. The maximum absolute atomic E-state index is 9.35. The Kier molecular flexibility index (Phi) is 7.50. The van der Waals surface area contributed by atoms with Crippen LogP contribution < -0.4 is 0 Å². The Hall–Kier alpha value is -10.5. The first kappa shape index (κ1) is 32.3. The summed E-state index contributed by atoms with van der Waals surface area (Å²) < 4.78 is 156. The van der Waals surface area contributed by atoms with Crippen molar-refractivity contribution in [3.8, 4) is 55.6 Å². The van der Waals surface area contributed by atoms with E-state index in [1.807, 2.05) is 158 Å². The van der Waals surface area contributed by atoms with E-state index in [0.717, 1.165) is 43.4 Å². The van der Waals surface area contributed by atoms with Crippen LogP contribution in [0.1, 0.15) is 21.9 Å². The quantitative estimate of drug-likeness (QED) is 0.161. The third-order valence-electron chi connectivity index (χ3n) is 15.4. The van der Waals surface area contributed by atoms with E-state index in [1.165, 1.54) is 0 Å². The first-order valence-electron chi connectivity index (χ1n) is 34.2. The van der Waals surface area contributed by atoms with Crippen LogP contribution in [0.2, 0.25) is 0 Å². The van der Waals surface area contributed by atoms with Crippen LogP contribution in [0, 0.1) is 0 Å². The Bertz CT molecular complexity index is 6100. The lowest BCUT2D eigenvalue weighted by molar-refractivity contribution is 0.669. The van der Waals surface area contributed by atoms with Crippen LogP contribution in [0.5, 0.6) is 0 Å².